The highest BCUT2D eigenvalue weighted by atomic mass is 19.4. The fourth-order valence-corrected chi connectivity index (χ4v) is 1.82. The first-order chi connectivity index (χ1) is 9.11. The minimum Gasteiger partial charge on any atom is -0.349 e. The van der Waals surface area contributed by atoms with E-state index in [-0.39, 0.29) is 6.04 Å². The molecule has 7 heteroatoms. The van der Waals surface area contributed by atoms with E-state index in [0.717, 1.165) is 23.7 Å². The monoisotopic (exact) mass is 291 g/mol. The molecule has 1 heterocycles. The SMILES string of the molecule is CC(C)CCC(C)NC(=O)c1cn(C)nc1C(F)(F)F. The molecule has 114 valence electrons. The second kappa shape index (κ2) is 6.28. The van der Waals surface area contributed by atoms with Crippen LogP contribution in [0.1, 0.15) is 49.7 Å². The lowest BCUT2D eigenvalue weighted by Gasteiger charge is -2.15. The molecule has 20 heavy (non-hydrogen) atoms. The summed E-state index contributed by atoms with van der Waals surface area (Å²) in [6.45, 7) is 5.89. The van der Waals surface area contributed by atoms with Crippen molar-refractivity contribution < 1.29 is 18.0 Å². The smallest absolute Gasteiger partial charge is 0.349 e. The quantitative estimate of drug-likeness (QED) is 0.906. The molecule has 0 aliphatic rings. The maximum Gasteiger partial charge on any atom is 0.435 e. The lowest BCUT2D eigenvalue weighted by molar-refractivity contribution is -0.141. The number of rotatable bonds is 5. The van der Waals surface area contributed by atoms with Crippen molar-refractivity contribution in [2.24, 2.45) is 13.0 Å². The van der Waals surface area contributed by atoms with Gasteiger partial charge in [-0.2, -0.15) is 18.3 Å². The van der Waals surface area contributed by atoms with Crippen molar-refractivity contribution >= 4 is 5.91 Å². The summed E-state index contributed by atoms with van der Waals surface area (Å²) in [4.78, 5) is 11.9. The normalized spacial score (nSPS) is 13.6. The zero-order valence-electron chi connectivity index (χ0n) is 12.1. The van der Waals surface area contributed by atoms with E-state index >= 15 is 0 Å². The molecule has 0 spiro atoms. The van der Waals surface area contributed by atoms with E-state index in [1.54, 1.807) is 6.92 Å². The van der Waals surface area contributed by atoms with Gasteiger partial charge in [0.15, 0.2) is 5.69 Å². The maximum absolute atomic E-state index is 12.8. The van der Waals surface area contributed by atoms with Crippen LogP contribution in [0.2, 0.25) is 0 Å². The van der Waals surface area contributed by atoms with Gasteiger partial charge in [-0.05, 0) is 25.7 Å². The van der Waals surface area contributed by atoms with Gasteiger partial charge < -0.3 is 5.32 Å². The second-order valence-electron chi connectivity index (χ2n) is 5.41. The molecule has 1 aromatic rings. The Morgan fingerprint density at radius 1 is 1.35 bits per heavy atom. The van der Waals surface area contributed by atoms with Crippen LogP contribution >= 0.6 is 0 Å². The molecule has 1 rings (SSSR count). The Labute approximate surface area is 116 Å². The molecule has 1 N–H and O–H groups in total. The average Bonchev–Trinajstić information content (AvgIpc) is 2.68. The zero-order chi connectivity index (χ0) is 15.5. The third kappa shape index (κ3) is 4.54. The van der Waals surface area contributed by atoms with Crippen molar-refractivity contribution in [1.82, 2.24) is 15.1 Å². The first-order valence-electron chi connectivity index (χ1n) is 6.53. The van der Waals surface area contributed by atoms with Gasteiger partial charge in [0.05, 0.1) is 5.56 Å². The van der Waals surface area contributed by atoms with E-state index in [1.165, 1.54) is 7.05 Å². The van der Waals surface area contributed by atoms with E-state index in [1.807, 2.05) is 0 Å². The van der Waals surface area contributed by atoms with Gasteiger partial charge in [0.1, 0.15) is 0 Å². The standard InChI is InChI=1S/C13H20F3N3O/c1-8(2)5-6-9(3)17-12(20)10-7-19(4)18-11(10)13(14,15)16/h7-9H,5-6H2,1-4H3,(H,17,20). The van der Waals surface area contributed by atoms with Crippen LogP contribution in [0, 0.1) is 5.92 Å². The summed E-state index contributed by atoms with van der Waals surface area (Å²) < 4.78 is 39.3. The Bertz CT molecular complexity index is 466. The van der Waals surface area contributed by atoms with E-state index < -0.39 is 23.3 Å². The number of nitrogens with zero attached hydrogens (tertiary/aromatic N) is 2. The number of hydrogen-bond acceptors (Lipinski definition) is 2. The van der Waals surface area contributed by atoms with Gasteiger partial charge in [-0.15, -0.1) is 0 Å². The lowest BCUT2D eigenvalue weighted by Crippen LogP contribution is -2.33. The Morgan fingerprint density at radius 3 is 2.45 bits per heavy atom. The van der Waals surface area contributed by atoms with Gasteiger partial charge in [-0.25, -0.2) is 0 Å². The van der Waals surface area contributed by atoms with E-state index in [2.05, 4.69) is 24.3 Å². The average molecular weight is 291 g/mol. The molecule has 0 saturated carbocycles. The van der Waals surface area contributed by atoms with Crippen LogP contribution in [0.5, 0.6) is 0 Å². The van der Waals surface area contributed by atoms with E-state index in [4.69, 9.17) is 0 Å². The second-order valence-corrected chi connectivity index (χ2v) is 5.41. The zero-order valence-corrected chi connectivity index (χ0v) is 12.1. The van der Waals surface area contributed by atoms with Gasteiger partial charge in [0.25, 0.3) is 5.91 Å². The first kappa shape index (κ1) is 16.5. The molecule has 1 aromatic heterocycles. The number of carbonyl (C=O) groups is 1. The Kier molecular flexibility index (Phi) is 5.19. The predicted molar refractivity (Wildman–Crippen MR) is 69.2 cm³/mol. The molecule has 0 fully saturated rings. The summed E-state index contributed by atoms with van der Waals surface area (Å²) in [6, 6.07) is -0.175. The van der Waals surface area contributed by atoms with Gasteiger partial charge in [-0.3, -0.25) is 9.48 Å². The number of aryl methyl sites for hydroxylation is 1. The van der Waals surface area contributed by atoms with Gasteiger partial charge in [0.2, 0.25) is 0 Å². The summed E-state index contributed by atoms with van der Waals surface area (Å²) in [6.07, 6.45) is -1.91. The van der Waals surface area contributed by atoms with Crippen molar-refractivity contribution in [2.75, 3.05) is 0 Å². The van der Waals surface area contributed by atoms with Crippen LogP contribution in [0.4, 0.5) is 13.2 Å². The van der Waals surface area contributed by atoms with Crippen LogP contribution in [-0.2, 0) is 13.2 Å². The highest BCUT2D eigenvalue weighted by molar-refractivity contribution is 5.95. The number of aromatic nitrogens is 2. The van der Waals surface area contributed by atoms with Crippen molar-refractivity contribution in [2.45, 2.75) is 45.8 Å². The topological polar surface area (TPSA) is 46.9 Å². The molecular weight excluding hydrogens is 271 g/mol. The Morgan fingerprint density at radius 2 is 1.95 bits per heavy atom. The minimum atomic E-state index is -4.63. The largest absolute Gasteiger partial charge is 0.435 e. The highest BCUT2D eigenvalue weighted by Crippen LogP contribution is 2.30. The summed E-state index contributed by atoms with van der Waals surface area (Å²) >= 11 is 0. The molecule has 0 aliphatic heterocycles. The van der Waals surface area contributed by atoms with E-state index in [0.29, 0.717) is 5.92 Å². The molecule has 4 nitrogen and oxygen atoms in total. The predicted octanol–water partition coefficient (Wildman–Crippen LogP) is 2.99. The number of hydrogen-bond donors (Lipinski definition) is 1. The highest BCUT2D eigenvalue weighted by Gasteiger charge is 2.39. The van der Waals surface area contributed by atoms with Gasteiger partial charge in [0, 0.05) is 19.3 Å². The van der Waals surface area contributed by atoms with Crippen molar-refractivity contribution in [3.63, 3.8) is 0 Å². The van der Waals surface area contributed by atoms with Gasteiger partial charge in [-0.1, -0.05) is 13.8 Å². The fourth-order valence-electron chi connectivity index (χ4n) is 1.82. The number of halogens is 3. The molecule has 0 aliphatic carbocycles. The minimum absolute atomic E-state index is 0.175. The van der Waals surface area contributed by atoms with Crippen LogP contribution in [0.25, 0.3) is 0 Å². The first-order valence-corrected chi connectivity index (χ1v) is 6.53. The molecule has 0 bridgehead atoms. The maximum atomic E-state index is 12.8. The summed E-state index contributed by atoms with van der Waals surface area (Å²) in [5, 5.41) is 5.90. The van der Waals surface area contributed by atoms with Crippen molar-refractivity contribution in [1.29, 1.82) is 0 Å². The molecular formula is C13H20F3N3O. The Balaban J connectivity index is 2.78. The number of amides is 1. The molecule has 0 aromatic carbocycles. The Hall–Kier alpha value is -1.53. The molecule has 1 unspecified atom stereocenters. The molecule has 1 amide bonds. The van der Waals surface area contributed by atoms with Crippen molar-refractivity contribution in [3.05, 3.63) is 17.5 Å². The number of alkyl halides is 3. The van der Waals surface area contributed by atoms with Gasteiger partial charge >= 0.3 is 6.18 Å². The lowest BCUT2D eigenvalue weighted by atomic mass is 10.0. The van der Waals surface area contributed by atoms with Crippen molar-refractivity contribution in [3.8, 4) is 0 Å². The summed E-state index contributed by atoms with van der Waals surface area (Å²) in [5.74, 6) is -0.250. The summed E-state index contributed by atoms with van der Waals surface area (Å²) in [5.41, 5.74) is -1.58. The van der Waals surface area contributed by atoms with Crippen LogP contribution in [-0.4, -0.2) is 21.7 Å². The third-order valence-electron chi connectivity index (χ3n) is 2.90. The molecule has 0 radical (unpaired) electrons. The summed E-state index contributed by atoms with van der Waals surface area (Å²) in [7, 11) is 1.36. The fraction of sp³-hybridized carbons (Fsp3) is 0.692. The third-order valence-corrected chi connectivity index (χ3v) is 2.90. The molecule has 0 saturated heterocycles. The van der Waals surface area contributed by atoms with Crippen LogP contribution < -0.4 is 5.32 Å². The van der Waals surface area contributed by atoms with E-state index in [9.17, 15) is 18.0 Å². The number of carbonyl (C=O) groups excluding carboxylic acids is 1. The number of nitrogens with one attached hydrogen (secondary N) is 1. The van der Waals surface area contributed by atoms with Crippen LogP contribution in [0.15, 0.2) is 6.20 Å². The molecule has 1 atom stereocenters. The van der Waals surface area contributed by atoms with Crippen LogP contribution in [0.3, 0.4) is 0 Å².